The van der Waals surface area contributed by atoms with E-state index in [2.05, 4.69) is 40.5 Å². The van der Waals surface area contributed by atoms with Crippen LogP contribution in [-0.2, 0) is 22.6 Å². The van der Waals surface area contributed by atoms with Crippen molar-refractivity contribution in [3.63, 3.8) is 0 Å². The smallest absolute Gasteiger partial charge is 0.223 e. The predicted molar refractivity (Wildman–Crippen MR) is 121 cm³/mol. The minimum absolute atomic E-state index is 0.0878. The van der Waals surface area contributed by atoms with E-state index in [0.717, 1.165) is 42.5 Å². The molecule has 1 aromatic heterocycles. The maximum atomic E-state index is 12.6. The van der Waals surface area contributed by atoms with Crippen LogP contribution in [0.1, 0.15) is 35.8 Å². The highest BCUT2D eigenvalue weighted by Crippen LogP contribution is 2.29. The fourth-order valence-electron chi connectivity index (χ4n) is 4.22. The van der Waals surface area contributed by atoms with Crippen molar-refractivity contribution in [2.45, 2.75) is 31.8 Å². The van der Waals surface area contributed by atoms with Gasteiger partial charge in [-0.15, -0.1) is 0 Å². The molecule has 2 aliphatic heterocycles. The van der Waals surface area contributed by atoms with Gasteiger partial charge in [-0.25, -0.2) is 9.97 Å². The Balaban J connectivity index is 1.44. The van der Waals surface area contributed by atoms with Gasteiger partial charge in [-0.1, -0.05) is 36.4 Å². The van der Waals surface area contributed by atoms with Crippen molar-refractivity contribution in [2.75, 3.05) is 45.7 Å². The Morgan fingerprint density at radius 2 is 2.06 bits per heavy atom. The van der Waals surface area contributed by atoms with Crippen molar-refractivity contribution in [1.82, 2.24) is 19.8 Å². The lowest BCUT2D eigenvalue weighted by molar-refractivity contribution is -0.128. The Hall–Kier alpha value is -2.77. The molecule has 1 fully saturated rings. The molecule has 4 rings (SSSR count). The number of amides is 1. The Bertz CT molecular complexity index is 931. The molecule has 1 aromatic carbocycles. The van der Waals surface area contributed by atoms with Crippen LogP contribution in [0.2, 0.25) is 0 Å². The second-order valence-electron chi connectivity index (χ2n) is 8.38. The molecule has 7 nitrogen and oxygen atoms in total. The summed E-state index contributed by atoms with van der Waals surface area (Å²) in [5, 5.41) is 3.15. The Morgan fingerprint density at radius 1 is 1.23 bits per heavy atom. The number of aromatic nitrogens is 2. The van der Waals surface area contributed by atoms with Crippen molar-refractivity contribution in [1.29, 1.82) is 0 Å². The average molecular weight is 422 g/mol. The van der Waals surface area contributed by atoms with Crippen LogP contribution < -0.4 is 5.32 Å². The Labute approximate surface area is 184 Å². The van der Waals surface area contributed by atoms with E-state index in [1.54, 1.807) is 0 Å². The number of likely N-dealkylation sites (N-methyl/N-ethyl adjacent to an activating group) is 1. The highest BCUT2D eigenvalue weighted by molar-refractivity contribution is 5.79. The Morgan fingerprint density at radius 3 is 2.81 bits per heavy atom. The van der Waals surface area contributed by atoms with E-state index in [0.29, 0.717) is 32.7 Å². The van der Waals surface area contributed by atoms with Crippen LogP contribution in [-0.4, -0.2) is 66.1 Å². The summed E-state index contributed by atoms with van der Waals surface area (Å²) in [7, 11) is 3.94. The van der Waals surface area contributed by atoms with Crippen molar-refractivity contribution >= 4 is 11.7 Å². The summed E-state index contributed by atoms with van der Waals surface area (Å²) in [6.07, 6.45) is 3.74. The van der Waals surface area contributed by atoms with Crippen molar-refractivity contribution in [3.8, 4) is 0 Å². The lowest BCUT2D eigenvalue weighted by Crippen LogP contribution is -2.25. The maximum absolute atomic E-state index is 12.6. The molecule has 0 bridgehead atoms. The number of ether oxygens (including phenoxy) is 1. The van der Waals surface area contributed by atoms with Gasteiger partial charge in [-0.3, -0.25) is 9.69 Å². The molecule has 1 saturated heterocycles. The molecular weight excluding hydrogens is 390 g/mol. The van der Waals surface area contributed by atoms with Gasteiger partial charge >= 0.3 is 0 Å². The van der Waals surface area contributed by atoms with Gasteiger partial charge in [-0.2, -0.15) is 0 Å². The number of benzene rings is 1. The van der Waals surface area contributed by atoms with Crippen LogP contribution in [0, 0.1) is 0 Å². The first-order chi connectivity index (χ1) is 15.1. The minimum Gasteiger partial charge on any atom is -0.377 e. The van der Waals surface area contributed by atoms with Gasteiger partial charge in [0.1, 0.15) is 11.6 Å². The SMILES string of the molecule is CNc1cc([C@H]2CC(=O)N(Cc3ccccc3)C2)nc(CN(C)CC2=CCCOC2)n1. The van der Waals surface area contributed by atoms with E-state index in [1.807, 2.05) is 36.2 Å². The molecule has 7 heteroatoms. The molecule has 1 N–H and O–H groups in total. The lowest BCUT2D eigenvalue weighted by Gasteiger charge is -2.21. The van der Waals surface area contributed by atoms with Gasteiger partial charge in [0, 0.05) is 45.1 Å². The molecule has 0 aliphatic carbocycles. The summed E-state index contributed by atoms with van der Waals surface area (Å²) in [5.74, 6) is 1.84. The van der Waals surface area contributed by atoms with Gasteiger partial charge in [0.05, 0.1) is 25.5 Å². The highest BCUT2D eigenvalue weighted by Gasteiger charge is 2.32. The molecule has 3 heterocycles. The molecule has 0 spiro atoms. The normalized spacial score (nSPS) is 19.1. The van der Waals surface area contributed by atoms with Crippen molar-refractivity contribution in [3.05, 3.63) is 65.1 Å². The maximum Gasteiger partial charge on any atom is 0.223 e. The third-order valence-electron chi connectivity index (χ3n) is 5.76. The third kappa shape index (κ3) is 5.68. The lowest BCUT2D eigenvalue weighted by atomic mass is 10.0. The van der Waals surface area contributed by atoms with Crippen LogP contribution in [0.5, 0.6) is 0 Å². The van der Waals surface area contributed by atoms with Crippen molar-refractivity contribution < 1.29 is 9.53 Å². The van der Waals surface area contributed by atoms with E-state index in [9.17, 15) is 4.79 Å². The van der Waals surface area contributed by atoms with Gasteiger partial charge in [0.15, 0.2) is 0 Å². The summed E-state index contributed by atoms with van der Waals surface area (Å²) in [5.41, 5.74) is 3.39. The largest absolute Gasteiger partial charge is 0.377 e. The first kappa shape index (κ1) is 21.5. The minimum atomic E-state index is 0.0878. The molecule has 0 saturated carbocycles. The van der Waals surface area contributed by atoms with E-state index in [1.165, 1.54) is 5.57 Å². The summed E-state index contributed by atoms with van der Waals surface area (Å²) in [4.78, 5) is 26.3. The molecule has 0 unspecified atom stereocenters. The summed E-state index contributed by atoms with van der Waals surface area (Å²) in [6.45, 7) is 4.34. The number of hydrogen-bond donors (Lipinski definition) is 1. The number of hydrogen-bond acceptors (Lipinski definition) is 6. The predicted octanol–water partition coefficient (Wildman–Crippen LogP) is 2.81. The zero-order chi connectivity index (χ0) is 21.6. The number of anilines is 1. The van der Waals surface area contributed by atoms with Gasteiger partial charge in [0.2, 0.25) is 5.91 Å². The molecule has 31 heavy (non-hydrogen) atoms. The van der Waals surface area contributed by atoms with Gasteiger partial charge < -0.3 is 15.0 Å². The zero-order valence-electron chi connectivity index (χ0n) is 18.4. The first-order valence-corrected chi connectivity index (χ1v) is 10.9. The fourth-order valence-corrected chi connectivity index (χ4v) is 4.22. The number of rotatable bonds is 8. The molecule has 0 radical (unpaired) electrons. The second kappa shape index (κ2) is 10.0. The second-order valence-corrected chi connectivity index (χ2v) is 8.38. The topological polar surface area (TPSA) is 70.6 Å². The number of nitrogens with one attached hydrogen (secondary N) is 1. The average Bonchev–Trinajstić information content (AvgIpc) is 3.15. The van der Waals surface area contributed by atoms with Crippen LogP contribution in [0.15, 0.2) is 48.0 Å². The Kier molecular flexibility index (Phi) is 6.94. The number of carbonyl (C=O) groups is 1. The summed E-state index contributed by atoms with van der Waals surface area (Å²) < 4.78 is 5.55. The third-order valence-corrected chi connectivity index (χ3v) is 5.76. The number of likely N-dealkylation sites (tertiary alicyclic amines) is 1. The molecule has 1 atom stereocenters. The van der Waals surface area contributed by atoms with E-state index in [4.69, 9.17) is 9.72 Å². The summed E-state index contributed by atoms with van der Waals surface area (Å²) >= 11 is 0. The standard InChI is InChI=1S/C24H31N5O2/c1-25-22-12-21(20-11-24(30)29(15-20)14-18-7-4-3-5-8-18)26-23(27-22)16-28(2)13-19-9-6-10-31-17-19/h3-5,7-9,12,20H,6,10-11,13-17H2,1-2H3,(H,25,26,27)/t20-/m0/s1. The van der Waals surface area contributed by atoms with E-state index in [-0.39, 0.29) is 11.8 Å². The fraction of sp³-hybridized carbons (Fsp3) is 0.458. The quantitative estimate of drug-likeness (QED) is 0.661. The number of nitrogens with zero attached hydrogens (tertiary/aromatic N) is 4. The van der Waals surface area contributed by atoms with Crippen LogP contribution >= 0.6 is 0 Å². The van der Waals surface area contributed by atoms with Gasteiger partial charge in [0.25, 0.3) is 0 Å². The summed E-state index contributed by atoms with van der Waals surface area (Å²) in [6, 6.07) is 12.1. The molecule has 2 aliphatic rings. The zero-order valence-corrected chi connectivity index (χ0v) is 18.4. The molecule has 2 aromatic rings. The first-order valence-electron chi connectivity index (χ1n) is 10.9. The van der Waals surface area contributed by atoms with E-state index < -0.39 is 0 Å². The molecule has 1 amide bonds. The van der Waals surface area contributed by atoms with Crippen LogP contribution in [0.25, 0.3) is 0 Å². The van der Waals surface area contributed by atoms with Crippen molar-refractivity contribution in [2.24, 2.45) is 0 Å². The van der Waals surface area contributed by atoms with E-state index >= 15 is 0 Å². The van der Waals surface area contributed by atoms with Crippen LogP contribution in [0.4, 0.5) is 5.82 Å². The molecule has 164 valence electrons. The highest BCUT2D eigenvalue weighted by atomic mass is 16.5. The molecular formula is C24H31N5O2. The van der Waals surface area contributed by atoms with Gasteiger partial charge in [-0.05, 0) is 24.6 Å². The van der Waals surface area contributed by atoms with Crippen LogP contribution in [0.3, 0.4) is 0 Å². The number of carbonyl (C=O) groups excluding carboxylic acids is 1. The monoisotopic (exact) mass is 421 g/mol.